The topological polar surface area (TPSA) is 96.8 Å². The van der Waals surface area contributed by atoms with Crippen molar-refractivity contribution in [2.24, 2.45) is 5.92 Å². The SMILES string of the molecule is C=c1cccc/c1=C/C(=C\C)c1cnn2c(N)cc(N3CCC(C(=O)O)CC3)nc12. The number of nitrogen functional groups attached to an aromatic ring is 1. The van der Waals surface area contributed by atoms with Crippen LogP contribution in [0, 0.1) is 5.92 Å². The monoisotopic (exact) mass is 403 g/mol. The van der Waals surface area contributed by atoms with Gasteiger partial charge in [0.2, 0.25) is 0 Å². The largest absolute Gasteiger partial charge is 0.481 e. The van der Waals surface area contributed by atoms with Crippen molar-refractivity contribution in [3.8, 4) is 0 Å². The Kier molecular flexibility index (Phi) is 5.27. The van der Waals surface area contributed by atoms with Crippen LogP contribution < -0.4 is 21.1 Å². The number of aromatic nitrogens is 3. The lowest BCUT2D eigenvalue weighted by Crippen LogP contribution is -2.36. The second-order valence-electron chi connectivity index (χ2n) is 7.52. The van der Waals surface area contributed by atoms with Gasteiger partial charge in [-0.15, -0.1) is 0 Å². The summed E-state index contributed by atoms with van der Waals surface area (Å²) in [5, 5.41) is 15.6. The van der Waals surface area contributed by atoms with Crippen molar-refractivity contribution in [3.05, 3.63) is 58.6 Å². The Labute approximate surface area is 174 Å². The zero-order valence-electron chi connectivity index (χ0n) is 17.0. The Morgan fingerprint density at radius 3 is 2.70 bits per heavy atom. The number of allylic oxidation sites excluding steroid dienone is 2. The molecular weight excluding hydrogens is 378 g/mol. The van der Waals surface area contributed by atoms with E-state index in [4.69, 9.17) is 10.7 Å². The van der Waals surface area contributed by atoms with Crippen LogP contribution >= 0.6 is 0 Å². The maximum atomic E-state index is 11.2. The molecule has 1 aliphatic heterocycles. The van der Waals surface area contributed by atoms with Crippen molar-refractivity contribution in [1.29, 1.82) is 0 Å². The summed E-state index contributed by atoms with van der Waals surface area (Å²) in [5.41, 5.74) is 8.81. The molecule has 0 saturated carbocycles. The molecule has 2 aromatic heterocycles. The van der Waals surface area contributed by atoms with Gasteiger partial charge in [-0.1, -0.05) is 36.9 Å². The van der Waals surface area contributed by atoms with Crippen LogP contribution in [0.4, 0.5) is 11.6 Å². The fourth-order valence-corrected chi connectivity index (χ4v) is 3.85. The second-order valence-corrected chi connectivity index (χ2v) is 7.52. The predicted octanol–water partition coefficient (Wildman–Crippen LogP) is 1.91. The first-order valence-electron chi connectivity index (χ1n) is 10.0. The smallest absolute Gasteiger partial charge is 0.306 e. The standard InChI is InChI=1S/C23H25N5O2/c1-3-16(12-18-7-5-4-6-15(18)2)19-14-25-28-20(24)13-21(26-22(19)28)27-10-8-17(9-11-27)23(29)30/h3-7,12-14,17H,2,8-11,24H2,1H3,(H,29,30)/b16-3+,18-12-. The lowest BCUT2D eigenvalue weighted by molar-refractivity contribution is -0.142. The average molecular weight is 403 g/mol. The maximum Gasteiger partial charge on any atom is 0.306 e. The fourth-order valence-electron chi connectivity index (χ4n) is 3.85. The number of nitrogens with zero attached hydrogens (tertiary/aromatic N) is 4. The van der Waals surface area contributed by atoms with Crippen LogP contribution in [0.25, 0.3) is 23.9 Å². The van der Waals surface area contributed by atoms with Crippen LogP contribution in [-0.4, -0.2) is 38.8 Å². The number of hydrogen-bond donors (Lipinski definition) is 2. The Hall–Kier alpha value is -3.61. The molecule has 30 heavy (non-hydrogen) atoms. The Morgan fingerprint density at radius 2 is 2.03 bits per heavy atom. The van der Waals surface area contributed by atoms with Crippen LogP contribution in [0.1, 0.15) is 25.3 Å². The van der Waals surface area contributed by atoms with Crippen LogP contribution in [0.3, 0.4) is 0 Å². The van der Waals surface area contributed by atoms with E-state index < -0.39 is 5.97 Å². The fraction of sp³-hybridized carbons (Fsp3) is 0.261. The molecule has 0 atom stereocenters. The highest BCUT2D eigenvalue weighted by atomic mass is 16.4. The van der Waals surface area contributed by atoms with Gasteiger partial charge in [0.05, 0.1) is 12.1 Å². The van der Waals surface area contributed by atoms with E-state index in [9.17, 15) is 9.90 Å². The molecule has 4 rings (SSSR count). The molecule has 154 valence electrons. The van der Waals surface area contributed by atoms with Gasteiger partial charge in [0, 0.05) is 24.7 Å². The first kappa shape index (κ1) is 19.7. The molecule has 3 aromatic rings. The van der Waals surface area contributed by atoms with E-state index in [1.807, 2.05) is 37.3 Å². The molecule has 0 amide bonds. The lowest BCUT2D eigenvalue weighted by Gasteiger charge is -2.31. The lowest BCUT2D eigenvalue weighted by atomic mass is 9.97. The van der Waals surface area contributed by atoms with Gasteiger partial charge >= 0.3 is 5.97 Å². The highest BCUT2D eigenvalue weighted by Crippen LogP contribution is 2.27. The van der Waals surface area contributed by atoms with Crippen molar-refractivity contribution in [3.63, 3.8) is 0 Å². The summed E-state index contributed by atoms with van der Waals surface area (Å²) in [4.78, 5) is 18.2. The van der Waals surface area contributed by atoms with Gasteiger partial charge in [-0.25, -0.2) is 4.98 Å². The molecule has 1 fully saturated rings. The number of hydrogen-bond acceptors (Lipinski definition) is 5. The van der Waals surface area contributed by atoms with Crippen LogP contribution in [0.2, 0.25) is 0 Å². The van der Waals surface area contributed by atoms with Gasteiger partial charge in [-0.05, 0) is 41.9 Å². The third-order valence-electron chi connectivity index (χ3n) is 5.64. The van der Waals surface area contributed by atoms with Gasteiger partial charge in [0.15, 0.2) is 5.65 Å². The molecule has 1 aliphatic rings. The molecule has 3 heterocycles. The van der Waals surface area contributed by atoms with E-state index in [2.05, 4.69) is 22.7 Å². The number of carboxylic acid groups (broad SMARTS) is 1. The number of carbonyl (C=O) groups is 1. The van der Waals surface area contributed by atoms with Gasteiger partial charge < -0.3 is 15.7 Å². The normalized spacial score (nSPS) is 16.4. The van der Waals surface area contributed by atoms with E-state index in [1.54, 1.807) is 16.8 Å². The first-order valence-corrected chi connectivity index (χ1v) is 10.0. The number of rotatable bonds is 4. The van der Waals surface area contributed by atoms with Crippen molar-refractivity contribution in [2.45, 2.75) is 19.8 Å². The molecule has 0 aliphatic carbocycles. The van der Waals surface area contributed by atoms with Crippen molar-refractivity contribution in [1.82, 2.24) is 14.6 Å². The molecular formula is C23H25N5O2. The molecule has 0 radical (unpaired) electrons. The van der Waals surface area contributed by atoms with Crippen molar-refractivity contribution in [2.75, 3.05) is 23.7 Å². The first-order chi connectivity index (χ1) is 14.5. The molecule has 7 nitrogen and oxygen atoms in total. The quantitative estimate of drug-likeness (QED) is 0.691. The Balaban J connectivity index is 1.74. The summed E-state index contributed by atoms with van der Waals surface area (Å²) < 4.78 is 1.64. The molecule has 1 aromatic carbocycles. The zero-order valence-corrected chi connectivity index (χ0v) is 17.0. The number of nitrogens with two attached hydrogens (primary N) is 1. The Morgan fingerprint density at radius 1 is 1.30 bits per heavy atom. The molecule has 3 N–H and O–H groups in total. The predicted molar refractivity (Wildman–Crippen MR) is 119 cm³/mol. The van der Waals surface area contributed by atoms with E-state index in [1.165, 1.54) is 0 Å². The Bertz CT molecular complexity index is 1240. The minimum Gasteiger partial charge on any atom is -0.481 e. The van der Waals surface area contributed by atoms with Gasteiger partial charge in [-0.3, -0.25) is 4.79 Å². The number of piperidine rings is 1. The molecule has 0 bridgehead atoms. The number of anilines is 2. The molecule has 0 spiro atoms. The maximum absolute atomic E-state index is 11.2. The number of benzene rings is 1. The van der Waals surface area contributed by atoms with Crippen molar-refractivity contribution >= 4 is 41.5 Å². The minimum atomic E-state index is -0.727. The molecule has 1 saturated heterocycles. The van der Waals surface area contributed by atoms with Gasteiger partial charge in [0.25, 0.3) is 0 Å². The zero-order chi connectivity index (χ0) is 21.3. The summed E-state index contributed by atoms with van der Waals surface area (Å²) in [7, 11) is 0. The summed E-state index contributed by atoms with van der Waals surface area (Å²) in [6.45, 7) is 7.35. The van der Waals surface area contributed by atoms with Crippen LogP contribution in [0.15, 0.2) is 42.6 Å². The molecule has 0 unspecified atom stereocenters. The average Bonchev–Trinajstić information content (AvgIpc) is 3.18. The number of fused-ring (bicyclic) bond motifs is 1. The van der Waals surface area contributed by atoms with Gasteiger partial charge in [-0.2, -0.15) is 9.61 Å². The summed E-state index contributed by atoms with van der Waals surface area (Å²) in [5.74, 6) is 0.225. The third-order valence-corrected chi connectivity index (χ3v) is 5.64. The highest BCUT2D eigenvalue weighted by Gasteiger charge is 2.26. The molecule has 7 heteroatoms. The van der Waals surface area contributed by atoms with E-state index in [0.717, 1.165) is 27.4 Å². The summed E-state index contributed by atoms with van der Waals surface area (Å²) in [6.07, 6.45) is 7.07. The van der Waals surface area contributed by atoms with E-state index in [-0.39, 0.29) is 5.92 Å². The summed E-state index contributed by atoms with van der Waals surface area (Å²) >= 11 is 0. The highest BCUT2D eigenvalue weighted by molar-refractivity contribution is 5.93. The van der Waals surface area contributed by atoms with E-state index >= 15 is 0 Å². The number of carboxylic acids is 1. The second kappa shape index (κ2) is 8.02. The van der Waals surface area contributed by atoms with Crippen LogP contribution in [0.5, 0.6) is 0 Å². The number of aliphatic carboxylic acids is 1. The van der Waals surface area contributed by atoms with Gasteiger partial charge in [0.1, 0.15) is 11.6 Å². The van der Waals surface area contributed by atoms with E-state index in [0.29, 0.717) is 37.4 Å². The van der Waals surface area contributed by atoms with Crippen molar-refractivity contribution < 1.29 is 9.90 Å². The van der Waals surface area contributed by atoms with Crippen LogP contribution in [-0.2, 0) is 4.79 Å². The minimum absolute atomic E-state index is 0.292. The third kappa shape index (κ3) is 3.66. The summed E-state index contributed by atoms with van der Waals surface area (Å²) in [6, 6.07) is 9.75.